The second kappa shape index (κ2) is 5.73. The van der Waals surface area contributed by atoms with Crippen molar-refractivity contribution < 1.29 is 13.6 Å². The first-order chi connectivity index (χ1) is 6.54. The van der Waals surface area contributed by atoms with Gasteiger partial charge in [0.15, 0.2) is 0 Å². The first-order valence-electron chi connectivity index (χ1n) is 3.78. The zero-order valence-electron chi connectivity index (χ0n) is 7.85. The predicted molar refractivity (Wildman–Crippen MR) is 60.1 cm³/mol. The van der Waals surface area contributed by atoms with Crippen LogP contribution >= 0.6 is 12.4 Å². The van der Waals surface area contributed by atoms with Gasteiger partial charge in [0.05, 0.1) is 0 Å². The third-order valence-corrected chi connectivity index (χ3v) is 2.52. The quantitative estimate of drug-likeness (QED) is 0.407. The SMILES string of the molecule is CC(=O)Nc1cc([As]=O)cc(N)c1O.Cl. The van der Waals surface area contributed by atoms with Crippen molar-refractivity contribution in [3.8, 4) is 5.75 Å². The number of halogens is 1. The summed E-state index contributed by atoms with van der Waals surface area (Å²) in [4.78, 5) is 10.7. The molecule has 7 heteroatoms. The number of carbonyl (C=O) groups excluding carboxylic acids is 1. The Morgan fingerprint density at radius 3 is 2.60 bits per heavy atom. The zero-order valence-corrected chi connectivity index (χ0v) is 10.5. The van der Waals surface area contributed by atoms with Crippen LogP contribution in [0.4, 0.5) is 11.4 Å². The van der Waals surface area contributed by atoms with Crippen molar-refractivity contribution in [2.24, 2.45) is 0 Å². The molecule has 5 nitrogen and oxygen atoms in total. The van der Waals surface area contributed by atoms with Crippen molar-refractivity contribution in [2.45, 2.75) is 6.92 Å². The van der Waals surface area contributed by atoms with E-state index in [1.54, 1.807) is 0 Å². The van der Waals surface area contributed by atoms with Gasteiger partial charge in [-0.2, -0.15) is 0 Å². The van der Waals surface area contributed by atoms with E-state index >= 15 is 0 Å². The number of hydrogen-bond donors (Lipinski definition) is 3. The summed E-state index contributed by atoms with van der Waals surface area (Å²) in [5.74, 6) is -0.516. The number of nitrogens with two attached hydrogens (primary N) is 1. The average molecular weight is 293 g/mol. The first kappa shape index (κ1) is 13.9. The Labute approximate surface area is 99.4 Å². The van der Waals surface area contributed by atoms with E-state index in [0.717, 1.165) is 0 Å². The van der Waals surface area contributed by atoms with Gasteiger partial charge in [0, 0.05) is 0 Å². The molecule has 0 unspecified atom stereocenters. The normalized spacial score (nSPS) is 9.40. The van der Waals surface area contributed by atoms with E-state index in [1.165, 1.54) is 19.1 Å². The minimum Gasteiger partial charge on any atom is -0.147 e. The molecule has 15 heavy (non-hydrogen) atoms. The number of amides is 1. The summed E-state index contributed by atoms with van der Waals surface area (Å²) in [5.41, 5.74) is 5.75. The molecule has 0 saturated carbocycles. The standard InChI is InChI=1S/C8H9AsN2O3.ClH/c1-4(12)11-7-3-5(9-14)2-6(10)8(7)13;/h2-3,13H,10H2,1H3,(H,11,12);1H. The number of anilines is 2. The van der Waals surface area contributed by atoms with Crippen molar-refractivity contribution in [3.63, 3.8) is 0 Å². The molecule has 1 rings (SSSR count). The molecule has 0 aliphatic rings. The number of rotatable bonds is 2. The van der Waals surface area contributed by atoms with Crippen LogP contribution in [0.1, 0.15) is 6.92 Å². The Bertz CT molecular complexity index is 398. The molecule has 4 N–H and O–H groups in total. The molecule has 0 fully saturated rings. The summed E-state index contributed by atoms with van der Waals surface area (Å²) in [6.07, 6.45) is 0. The summed E-state index contributed by atoms with van der Waals surface area (Å²) in [7, 11) is 0. The fourth-order valence-electron chi connectivity index (χ4n) is 0.979. The van der Waals surface area contributed by atoms with Crippen molar-refractivity contribution in [3.05, 3.63) is 12.1 Å². The molecule has 0 radical (unpaired) electrons. The number of phenols is 1. The number of benzene rings is 1. The molecule has 0 atom stereocenters. The van der Waals surface area contributed by atoms with Crippen LogP contribution in [-0.2, 0) is 8.53 Å². The monoisotopic (exact) mass is 292 g/mol. The van der Waals surface area contributed by atoms with Crippen LogP contribution in [0.2, 0.25) is 0 Å². The van der Waals surface area contributed by atoms with Crippen LogP contribution in [0.3, 0.4) is 0 Å². The zero-order chi connectivity index (χ0) is 10.7. The molecular weight excluding hydrogens is 282 g/mol. The Morgan fingerprint density at radius 1 is 1.53 bits per heavy atom. The van der Waals surface area contributed by atoms with Crippen molar-refractivity contribution in [2.75, 3.05) is 11.1 Å². The summed E-state index contributed by atoms with van der Waals surface area (Å²) in [6, 6.07) is 2.87. The van der Waals surface area contributed by atoms with Crippen LogP contribution in [0, 0.1) is 0 Å². The largest absolute Gasteiger partial charge is 0.147 e. The van der Waals surface area contributed by atoms with Gasteiger partial charge in [-0.1, -0.05) is 0 Å². The summed E-state index contributed by atoms with van der Waals surface area (Å²) in [5, 5.41) is 11.8. The molecule has 0 aliphatic heterocycles. The maximum absolute atomic E-state index is 10.7. The van der Waals surface area contributed by atoms with Gasteiger partial charge in [-0.15, -0.1) is 12.4 Å². The maximum atomic E-state index is 10.7. The van der Waals surface area contributed by atoms with Crippen LogP contribution in [0.25, 0.3) is 0 Å². The number of carbonyl (C=O) groups is 1. The fraction of sp³-hybridized carbons (Fsp3) is 0.125. The molecule has 0 aliphatic carbocycles. The van der Waals surface area contributed by atoms with Gasteiger partial charge < -0.3 is 0 Å². The first-order valence-corrected chi connectivity index (χ1v) is 5.48. The molecule has 0 saturated heterocycles. The summed E-state index contributed by atoms with van der Waals surface area (Å²) in [6.45, 7) is 1.31. The smallest absolute Gasteiger partial charge is 0.147 e. The molecular formula is C8H10AsClN2O3. The molecule has 0 bridgehead atoms. The van der Waals surface area contributed by atoms with Crippen molar-refractivity contribution in [1.82, 2.24) is 0 Å². The van der Waals surface area contributed by atoms with Crippen molar-refractivity contribution >= 4 is 49.7 Å². The molecule has 0 aromatic heterocycles. The van der Waals surface area contributed by atoms with Crippen LogP contribution in [0.5, 0.6) is 5.75 Å². The van der Waals surface area contributed by atoms with Gasteiger partial charge in [0.2, 0.25) is 0 Å². The number of hydrogen-bond acceptors (Lipinski definition) is 4. The van der Waals surface area contributed by atoms with E-state index < -0.39 is 15.7 Å². The fourth-order valence-corrected chi connectivity index (χ4v) is 1.76. The molecule has 1 aromatic rings. The minimum absolute atomic E-state index is 0. The Kier molecular flexibility index (Phi) is 5.33. The van der Waals surface area contributed by atoms with Gasteiger partial charge >= 0.3 is 86.8 Å². The number of nitrogens with one attached hydrogen (secondary N) is 1. The molecule has 1 amide bonds. The summed E-state index contributed by atoms with van der Waals surface area (Å²) >= 11 is -1.22. The Balaban J connectivity index is 0.00000196. The number of phenolic OH excluding ortho intramolecular Hbond substituents is 1. The van der Waals surface area contributed by atoms with Crippen LogP contribution in [0.15, 0.2) is 12.1 Å². The van der Waals surface area contributed by atoms with Gasteiger partial charge in [-0.3, -0.25) is 0 Å². The molecule has 1 aromatic carbocycles. The summed E-state index contributed by atoms with van der Waals surface area (Å²) < 4.78 is 11.2. The van der Waals surface area contributed by atoms with Gasteiger partial charge in [0.1, 0.15) is 0 Å². The van der Waals surface area contributed by atoms with Crippen molar-refractivity contribution in [1.29, 1.82) is 0 Å². The third-order valence-electron chi connectivity index (χ3n) is 1.54. The predicted octanol–water partition coefficient (Wildman–Crippen LogP) is 0.0296. The average Bonchev–Trinajstić information content (AvgIpc) is 2.11. The second-order valence-corrected chi connectivity index (χ2v) is 4.17. The number of aromatic hydroxyl groups is 1. The van der Waals surface area contributed by atoms with E-state index in [2.05, 4.69) is 5.32 Å². The molecule has 0 spiro atoms. The second-order valence-electron chi connectivity index (χ2n) is 2.70. The van der Waals surface area contributed by atoms with E-state index in [4.69, 9.17) is 5.73 Å². The molecule has 82 valence electrons. The topological polar surface area (TPSA) is 92.4 Å². The van der Waals surface area contributed by atoms with Crippen LogP contribution in [-0.4, -0.2) is 26.7 Å². The van der Waals surface area contributed by atoms with Gasteiger partial charge in [0.25, 0.3) is 0 Å². The van der Waals surface area contributed by atoms with Gasteiger partial charge in [-0.05, 0) is 0 Å². The Morgan fingerprint density at radius 2 is 2.13 bits per heavy atom. The van der Waals surface area contributed by atoms with E-state index in [9.17, 15) is 13.6 Å². The Hall–Kier alpha value is -1.06. The minimum atomic E-state index is -1.22. The maximum Gasteiger partial charge on any atom is -0.147 e. The van der Waals surface area contributed by atoms with E-state index in [-0.39, 0.29) is 35.4 Å². The number of nitrogen functional groups attached to an aromatic ring is 1. The third kappa shape index (κ3) is 3.53. The van der Waals surface area contributed by atoms with Crippen LogP contribution < -0.4 is 15.4 Å². The molecule has 0 heterocycles. The van der Waals surface area contributed by atoms with E-state index in [1.807, 2.05) is 0 Å². The van der Waals surface area contributed by atoms with Gasteiger partial charge in [-0.25, -0.2) is 0 Å². The van der Waals surface area contributed by atoms with E-state index in [0.29, 0.717) is 4.35 Å².